The van der Waals surface area contributed by atoms with Crippen LogP contribution >= 0.6 is 7.82 Å². The number of quaternary nitrogens is 1. The number of aliphatic hydroxyl groups is 1. The van der Waals surface area contributed by atoms with Gasteiger partial charge in [0.1, 0.15) is 13.2 Å². The maximum absolute atomic E-state index is 13.0. The van der Waals surface area contributed by atoms with Crippen molar-refractivity contribution in [1.29, 1.82) is 0 Å². The van der Waals surface area contributed by atoms with Gasteiger partial charge in [-0.1, -0.05) is 255 Å². The zero-order valence-corrected chi connectivity index (χ0v) is 46.5. The zero-order valence-electron chi connectivity index (χ0n) is 45.6. The summed E-state index contributed by atoms with van der Waals surface area (Å²) in [5.74, 6) is -0.196. The average Bonchev–Trinajstić information content (AvgIpc) is 3.30. The summed E-state index contributed by atoms with van der Waals surface area (Å²) in [5.41, 5.74) is 0. The van der Waals surface area contributed by atoms with Crippen LogP contribution < -0.4 is 10.2 Å². The van der Waals surface area contributed by atoms with E-state index in [1.165, 1.54) is 199 Å². The van der Waals surface area contributed by atoms with Gasteiger partial charge in [-0.2, -0.15) is 0 Å². The molecule has 400 valence electrons. The molecule has 0 aromatic heterocycles. The van der Waals surface area contributed by atoms with Crippen LogP contribution in [0.25, 0.3) is 0 Å². The first-order chi connectivity index (χ1) is 33.0. The van der Waals surface area contributed by atoms with E-state index in [9.17, 15) is 19.4 Å². The van der Waals surface area contributed by atoms with E-state index in [4.69, 9.17) is 9.05 Å². The molecule has 0 rings (SSSR count). The summed E-state index contributed by atoms with van der Waals surface area (Å²) in [6.07, 6.45) is 66.1. The van der Waals surface area contributed by atoms with Crippen LogP contribution in [0.15, 0.2) is 48.6 Å². The number of rotatable bonds is 53. The topological polar surface area (TPSA) is 108 Å². The number of hydrogen-bond donors (Lipinski definition) is 2. The van der Waals surface area contributed by atoms with Crippen LogP contribution in [0.2, 0.25) is 0 Å². The van der Waals surface area contributed by atoms with Crippen molar-refractivity contribution >= 4 is 13.7 Å². The molecule has 2 N–H and O–H groups in total. The molecule has 0 aromatic carbocycles. The fourth-order valence-corrected chi connectivity index (χ4v) is 9.18. The highest BCUT2D eigenvalue weighted by atomic mass is 31.2. The van der Waals surface area contributed by atoms with E-state index in [0.29, 0.717) is 17.4 Å². The Morgan fingerprint density at radius 2 is 0.853 bits per heavy atom. The first kappa shape index (κ1) is 66.5. The molecule has 8 nitrogen and oxygen atoms in total. The van der Waals surface area contributed by atoms with Crippen LogP contribution in [0.1, 0.15) is 271 Å². The second-order valence-corrected chi connectivity index (χ2v) is 22.4. The van der Waals surface area contributed by atoms with Crippen LogP contribution in [0.5, 0.6) is 0 Å². The van der Waals surface area contributed by atoms with Gasteiger partial charge < -0.3 is 28.8 Å². The largest absolute Gasteiger partial charge is 0.756 e. The monoisotopic (exact) mass is 977 g/mol. The Kier molecular flexibility index (Phi) is 49.3. The predicted molar refractivity (Wildman–Crippen MR) is 293 cm³/mol. The van der Waals surface area contributed by atoms with E-state index >= 15 is 0 Å². The van der Waals surface area contributed by atoms with E-state index in [-0.39, 0.29) is 19.1 Å². The summed E-state index contributed by atoms with van der Waals surface area (Å²) in [5, 5.41) is 13.9. The van der Waals surface area contributed by atoms with Crippen molar-refractivity contribution in [2.75, 3.05) is 40.9 Å². The highest BCUT2D eigenvalue weighted by Gasteiger charge is 2.23. The number of nitrogens with zero attached hydrogens (tertiary/aromatic N) is 1. The van der Waals surface area contributed by atoms with Crippen molar-refractivity contribution in [1.82, 2.24) is 5.32 Å². The van der Waals surface area contributed by atoms with Gasteiger partial charge in [-0.3, -0.25) is 9.36 Å². The zero-order chi connectivity index (χ0) is 49.9. The molecule has 0 saturated carbocycles. The molecule has 1 amide bonds. The molecule has 0 saturated heterocycles. The molecule has 0 heterocycles. The van der Waals surface area contributed by atoms with Crippen LogP contribution in [0, 0.1) is 0 Å². The van der Waals surface area contributed by atoms with Gasteiger partial charge >= 0.3 is 0 Å². The second-order valence-electron chi connectivity index (χ2n) is 21.0. The minimum Gasteiger partial charge on any atom is -0.756 e. The lowest BCUT2D eigenvalue weighted by Crippen LogP contribution is -2.45. The van der Waals surface area contributed by atoms with Crippen LogP contribution in [0.4, 0.5) is 0 Å². The number of hydrogen-bond acceptors (Lipinski definition) is 6. The molecule has 0 spiro atoms. The Morgan fingerprint density at radius 3 is 1.24 bits per heavy atom. The van der Waals surface area contributed by atoms with E-state index in [1.54, 1.807) is 6.08 Å². The molecule has 3 atom stereocenters. The molecule has 9 heteroatoms. The Labute approximate surface area is 422 Å². The first-order valence-corrected chi connectivity index (χ1v) is 30.5. The van der Waals surface area contributed by atoms with Gasteiger partial charge in [0.25, 0.3) is 7.82 Å². The summed E-state index contributed by atoms with van der Waals surface area (Å²) in [7, 11) is 1.27. The lowest BCUT2D eigenvalue weighted by molar-refractivity contribution is -0.870. The fourth-order valence-electron chi connectivity index (χ4n) is 8.46. The number of phosphoric ester groups is 1. The fraction of sp³-hybridized carbons (Fsp3) is 0.847. The Morgan fingerprint density at radius 1 is 0.515 bits per heavy atom. The number of amides is 1. The Balaban J connectivity index is 4.09. The maximum atomic E-state index is 13.0. The summed E-state index contributed by atoms with van der Waals surface area (Å²) < 4.78 is 23.3. The van der Waals surface area contributed by atoms with Crippen LogP contribution in [-0.2, 0) is 18.4 Å². The third-order valence-corrected chi connectivity index (χ3v) is 14.0. The molecule has 0 fully saturated rings. The predicted octanol–water partition coefficient (Wildman–Crippen LogP) is 16.9. The number of unbranched alkanes of at least 4 members (excludes halogenated alkanes) is 34. The van der Waals surface area contributed by atoms with E-state index in [2.05, 4.69) is 55.6 Å². The van der Waals surface area contributed by atoms with Gasteiger partial charge in [-0.15, -0.1) is 0 Å². The lowest BCUT2D eigenvalue weighted by atomic mass is 10.0. The summed E-state index contributed by atoms with van der Waals surface area (Å²) in [4.78, 5) is 25.5. The molecule has 68 heavy (non-hydrogen) atoms. The lowest BCUT2D eigenvalue weighted by Gasteiger charge is -2.29. The van der Waals surface area contributed by atoms with Gasteiger partial charge in [0.05, 0.1) is 39.9 Å². The molecule has 0 radical (unpaired) electrons. The highest BCUT2D eigenvalue weighted by molar-refractivity contribution is 7.45. The van der Waals surface area contributed by atoms with Crippen molar-refractivity contribution in [3.05, 3.63) is 48.6 Å². The number of likely N-dealkylation sites (N-methyl/N-ethyl adjacent to an activating group) is 1. The molecule has 0 aliphatic carbocycles. The number of carbonyl (C=O) groups excluding carboxylic acids is 1. The minimum atomic E-state index is -4.59. The van der Waals surface area contributed by atoms with Gasteiger partial charge in [0.15, 0.2) is 0 Å². The third kappa shape index (κ3) is 52.3. The highest BCUT2D eigenvalue weighted by Crippen LogP contribution is 2.38. The Hall–Kier alpha value is -1.54. The SMILES string of the molecule is CCCCCCC/C=C\C/C=C\C/C=C\CCCCCCCCCCCCCCCCCCC(=O)NC(COP(=O)([O-])OCC[N+](C)(C)C)C(O)/C=C/CCCCCCCCCCCCCCC. The van der Waals surface area contributed by atoms with Gasteiger partial charge in [0.2, 0.25) is 5.91 Å². The number of aliphatic hydroxyl groups excluding tert-OH is 1. The number of phosphoric acid groups is 1. The smallest absolute Gasteiger partial charge is 0.268 e. The average molecular weight is 978 g/mol. The van der Waals surface area contributed by atoms with E-state index in [1.807, 2.05) is 27.2 Å². The van der Waals surface area contributed by atoms with Crippen molar-refractivity contribution in [3.63, 3.8) is 0 Å². The summed E-state index contributed by atoms with van der Waals surface area (Å²) in [6.45, 7) is 4.66. The standard InChI is InChI=1S/C59H113N2O6P/c1-6-8-10-12-14-16-18-20-22-23-24-25-26-27-28-29-30-31-32-33-34-35-36-37-39-41-43-45-47-49-51-53-59(63)60-57(56-67-68(64,65)66-55-54-61(3,4)5)58(62)52-50-48-46-44-42-40-38-21-19-17-15-13-11-9-7-2/h18,20,23-24,26-27,50,52,57-58,62H,6-17,19,21-22,25,28-49,51,53-56H2,1-5H3,(H-,60,63,64,65)/b20-18-,24-23-,27-26-,52-50+. The second kappa shape index (κ2) is 50.4. The minimum absolute atomic E-state index is 0.000727. The van der Waals surface area contributed by atoms with Crippen molar-refractivity contribution < 1.29 is 32.9 Å². The molecule has 0 aliphatic rings. The van der Waals surface area contributed by atoms with Crippen molar-refractivity contribution in [2.45, 2.75) is 283 Å². The van der Waals surface area contributed by atoms with E-state index < -0.39 is 20.0 Å². The van der Waals surface area contributed by atoms with Gasteiger partial charge in [0, 0.05) is 6.42 Å². The summed E-state index contributed by atoms with van der Waals surface area (Å²) in [6, 6.07) is -0.886. The van der Waals surface area contributed by atoms with Gasteiger partial charge in [-0.25, -0.2) is 0 Å². The van der Waals surface area contributed by atoms with Crippen LogP contribution in [-0.4, -0.2) is 68.5 Å². The molecular formula is C59H113N2O6P. The number of allylic oxidation sites excluding steroid dienone is 7. The van der Waals surface area contributed by atoms with E-state index in [0.717, 1.165) is 51.4 Å². The number of carbonyl (C=O) groups is 1. The molecular weight excluding hydrogens is 864 g/mol. The molecule has 0 aliphatic heterocycles. The quantitative estimate of drug-likeness (QED) is 0.0272. The third-order valence-electron chi connectivity index (χ3n) is 13.0. The van der Waals surface area contributed by atoms with Gasteiger partial charge in [-0.05, 0) is 57.8 Å². The van der Waals surface area contributed by atoms with Crippen molar-refractivity contribution in [3.8, 4) is 0 Å². The molecule has 0 bridgehead atoms. The summed E-state index contributed by atoms with van der Waals surface area (Å²) >= 11 is 0. The molecule has 0 aromatic rings. The van der Waals surface area contributed by atoms with Crippen molar-refractivity contribution in [2.24, 2.45) is 0 Å². The van der Waals surface area contributed by atoms with Crippen LogP contribution in [0.3, 0.4) is 0 Å². The Bertz CT molecular complexity index is 1250. The maximum Gasteiger partial charge on any atom is 0.268 e. The number of nitrogens with one attached hydrogen (secondary N) is 1. The molecule has 3 unspecified atom stereocenters. The normalized spacial score (nSPS) is 14.3. The first-order valence-electron chi connectivity index (χ1n) is 29.0.